The van der Waals surface area contributed by atoms with E-state index >= 15 is 0 Å². The highest BCUT2D eigenvalue weighted by Crippen LogP contribution is 2.34. The second-order valence-corrected chi connectivity index (χ2v) is 5.77. The third-order valence-corrected chi connectivity index (χ3v) is 4.50. The standard InChI is InChI=1S/C13H15FO3S/c14-10-6-5-8(7-9(10)13(16)17)18-12-4-2-1-3-11(12)15/h5-7,11-12,15H,1-4H2,(H,16,17). The largest absolute Gasteiger partial charge is 0.478 e. The second-order valence-electron chi connectivity index (χ2n) is 4.45. The average molecular weight is 270 g/mol. The lowest BCUT2D eigenvalue weighted by molar-refractivity contribution is 0.0691. The first-order valence-electron chi connectivity index (χ1n) is 5.95. The number of benzene rings is 1. The van der Waals surface area contributed by atoms with Crippen LogP contribution in [0.3, 0.4) is 0 Å². The van der Waals surface area contributed by atoms with Crippen LogP contribution in [-0.4, -0.2) is 27.5 Å². The van der Waals surface area contributed by atoms with Crippen LogP contribution in [-0.2, 0) is 0 Å². The number of halogens is 1. The van der Waals surface area contributed by atoms with Crippen molar-refractivity contribution in [2.45, 2.75) is 41.9 Å². The van der Waals surface area contributed by atoms with Crippen molar-refractivity contribution in [3.63, 3.8) is 0 Å². The van der Waals surface area contributed by atoms with Gasteiger partial charge in [-0.05, 0) is 31.0 Å². The summed E-state index contributed by atoms with van der Waals surface area (Å²) in [6, 6.07) is 4.07. The molecule has 0 heterocycles. The van der Waals surface area contributed by atoms with Crippen LogP contribution in [0.15, 0.2) is 23.1 Å². The van der Waals surface area contributed by atoms with E-state index in [4.69, 9.17) is 5.11 Å². The first-order chi connectivity index (χ1) is 8.58. The van der Waals surface area contributed by atoms with Gasteiger partial charge in [0.2, 0.25) is 0 Å². The lowest BCUT2D eigenvalue weighted by Gasteiger charge is -2.27. The average Bonchev–Trinajstić information content (AvgIpc) is 2.34. The van der Waals surface area contributed by atoms with Crippen molar-refractivity contribution in [1.29, 1.82) is 0 Å². The molecule has 1 aromatic rings. The number of thioether (sulfide) groups is 1. The summed E-state index contributed by atoms with van der Waals surface area (Å²) < 4.78 is 13.2. The Morgan fingerprint density at radius 1 is 1.33 bits per heavy atom. The van der Waals surface area contributed by atoms with E-state index in [1.54, 1.807) is 6.07 Å². The highest BCUT2D eigenvalue weighted by Gasteiger charge is 2.24. The molecule has 0 saturated heterocycles. The molecule has 2 rings (SSSR count). The molecule has 0 spiro atoms. The second kappa shape index (κ2) is 5.71. The van der Waals surface area contributed by atoms with Gasteiger partial charge < -0.3 is 10.2 Å². The van der Waals surface area contributed by atoms with Gasteiger partial charge in [-0.3, -0.25) is 0 Å². The summed E-state index contributed by atoms with van der Waals surface area (Å²) in [4.78, 5) is 11.5. The minimum atomic E-state index is -1.26. The zero-order valence-corrected chi connectivity index (χ0v) is 10.6. The molecule has 1 fully saturated rings. The van der Waals surface area contributed by atoms with Gasteiger partial charge in [0.15, 0.2) is 0 Å². The highest BCUT2D eigenvalue weighted by atomic mass is 32.2. The van der Waals surface area contributed by atoms with Crippen molar-refractivity contribution in [2.75, 3.05) is 0 Å². The minimum Gasteiger partial charge on any atom is -0.478 e. The quantitative estimate of drug-likeness (QED) is 0.886. The maximum atomic E-state index is 13.2. The van der Waals surface area contributed by atoms with Gasteiger partial charge in [-0.25, -0.2) is 9.18 Å². The van der Waals surface area contributed by atoms with Crippen molar-refractivity contribution in [2.24, 2.45) is 0 Å². The van der Waals surface area contributed by atoms with Crippen molar-refractivity contribution in [3.8, 4) is 0 Å². The molecule has 0 radical (unpaired) electrons. The molecule has 0 aromatic heterocycles. The first-order valence-corrected chi connectivity index (χ1v) is 6.83. The van der Waals surface area contributed by atoms with Gasteiger partial charge in [-0.15, -0.1) is 11.8 Å². The van der Waals surface area contributed by atoms with Gasteiger partial charge in [0.05, 0.1) is 11.7 Å². The SMILES string of the molecule is O=C(O)c1cc(SC2CCCCC2O)ccc1F. The molecule has 98 valence electrons. The van der Waals surface area contributed by atoms with Crippen molar-refractivity contribution < 1.29 is 19.4 Å². The van der Waals surface area contributed by atoms with Crippen LogP contribution in [0.1, 0.15) is 36.0 Å². The molecule has 1 aromatic carbocycles. The maximum absolute atomic E-state index is 13.2. The van der Waals surface area contributed by atoms with Crippen LogP contribution in [0.4, 0.5) is 4.39 Å². The Morgan fingerprint density at radius 3 is 2.72 bits per heavy atom. The number of hydrogen-bond donors (Lipinski definition) is 2. The number of carbonyl (C=O) groups is 1. The lowest BCUT2D eigenvalue weighted by Crippen LogP contribution is -2.26. The topological polar surface area (TPSA) is 57.5 Å². The Balaban J connectivity index is 2.14. The number of carboxylic acids is 1. The van der Waals surface area contributed by atoms with Gasteiger partial charge in [0.25, 0.3) is 0 Å². The van der Waals surface area contributed by atoms with Crippen LogP contribution >= 0.6 is 11.8 Å². The van der Waals surface area contributed by atoms with E-state index in [1.807, 2.05) is 0 Å². The van der Waals surface area contributed by atoms with Gasteiger partial charge >= 0.3 is 5.97 Å². The van der Waals surface area contributed by atoms with Crippen molar-refractivity contribution in [3.05, 3.63) is 29.6 Å². The molecule has 1 aliphatic rings. The molecular formula is C13H15FO3S. The Morgan fingerprint density at radius 2 is 2.06 bits per heavy atom. The Bertz CT molecular complexity index is 450. The maximum Gasteiger partial charge on any atom is 0.338 e. The van der Waals surface area contributed by atoms with Gasteiger partial charge in [-0.2, -0.15) is 0 Å². The summed E-state index contributed by atoms with van der Waals surface area (Å²) in [5.41, 5.74) is -0.315. The number of aliphatic hydroxyl groups is 1. The van der Waals surface area contributed by atoms with Crippen LogP contribution in [0, 0.1) is 5.82 Å². The fourth-order valence-electron chi connectivity index (χ4n) is 2.13. The molecule has 0 aliphatic heterocycles. The van der Waals surface area contributed by atoms with E-state index in [1.165, 1.54) is 23.9 Å². The number of hydrogen-bond acceptors (Lipinski definition) is 3. The molecule has 0 bridgehead atoms. The zero-order chi connectivity index (χ0) is 13.1. The summed E-state index contributed by atoms with van der Waals surface area (Å²) >= 11 is 1.43. The zero-order valence-electron chi connectivity index (χ0n) is 9.80. The molecule has 1 aliphatic carbocycles. The molecule has 18 heavy (non-hydrogen) atoms. The monoisotopic (exact) mass is 270 g/mol. The Kier molecular flexibility index (Phi) is 4.24. The number of aromatic carboxylic acids is 1. The van der Waals surface area contributed by atoms with E-state index in [2.05, 4.69) is 0 Å². The van der Waals surface area contributed by atoms with E-state index in [0.29, 0.717) is 4.90 Å². The fourth-order valence-corrected chi connectivity index (χ4v) is 3.39. The minimum absolute atomic E-state index is 0.0749. The highest BCUT2D eigenvalue weighted by molar-refractivity contribution is 8.00. The molecule has 2 unspecified atom stereocenters. The van der Waals surface area contributed by atoms with Crippen molar-refractivity contribution in [1.82, 2.24) is 0 Å². The third-order valence-electron chi connectivity index (χ3n) is 3.12. The summed E-state index contributed by atoms with van der Waals surface area (Å²) in [7, 11) is 0. The van der Waals surface area contributed by atoms with E-state index in [0.717, 1.165) is 25.7 Å². The Labute approximate surface area is 109 Å². The Hall–Kier alpha value is -1.07. The third kappa shape index (κ3) is 3.03. The molecule has 2 N–H and O–H groups in total. The molecule has 0 amide bonds. The molecule has 2 atom stereocenters. The van der Waals surface area contributed by atoms with E-state index in [9.17, 15) is 14.3 Å². The summed E-state index contributed by atoms with van der Waals surface area (Å²) in [6.45, 7) is 0. The van der Waals surface area contributed by atoms with Crippen LogP contribution in [0.5, 0.6) is 0 Å². The molecule has 5 heteroatoms. The summed E-state index contributed by atoms with van der Waals surface area (Å²) in [5.74, 6) is -1.99. The number of rotatable bonds is 3. The normalized spacial score (nSPS) is 23.9. The molecule has 1 saturated carbocycles. The van der Waals surface area contributed by atoms with Crippen molar-refractivity contribution >= 4 is 17.7 Å². The van der Waals surface area contributed by atoms with Gasteiger partial charge in [-0.1, -0.05) is 12.8 Å². The van der Waals surface area contributed by atoms with Crippen LogP contribution in [0.25, 0.3) is 0 Å². The number of carboxylic acid groups (broad SMARTS) is 1. The first kappa shape index (κ1) is 13.4. The molecular weight excluding hydrogens is 255 g/mol. The van der Waals surface area contributed by atoms with Crippen LogP contribution < -0.4 is 0 Å². The van der Waals surface area contributed by atoms with Crippen LogP contribution in [0.2, 0.25) is 0 Å². The summed E-state index contributed by atoms with van der Waals surface area (Å²) in [6.07, 6.45) is 3.43. The smallest absolute Gasteiger partial charge is 0.338 e. The lowest BCUT2D eigenvalue weighted by atomic mass is 9.97. The van der Waals surface area contributed by atoms with E-state index in [-0.39, 0.29) is 16.9 Å². The van der Waals surface area contributed by atoms with E-state index < -0.39 is 11.8 Å². The fraction of sp³-hybridized carbons (Fsp3) is 0.462. The molecule has 3 nitrogen and oxygen atoms in total. The summed E-state index contributed by atoms with van der Waals surface area (Å²) in [5, 5.41) is 18.8. The van der Waals surface area contributed by atoms with Gasteiger partial charge in [0.1, 0.15) is 5.82 Å². The van der Waals surface area contributed by atoms with Gasteiger partial charge in [0, 0.05) is 10.1 Å². The number of aliphatic hydroxyl groups excluding tert-OH is 1. The predicted octanol–water partition coefficient (Wildman–Crippen LogP) is 2.92. The predicted molar refractivity (Wildman–Crippen MR) is 67.5 cm³/mol.